The number of aromatic nitrogens is 3. The molecule has 0 amide bonds. The number of Topliss-reactive ketones (excluding diaryl/α,β-unsaturated/α-hetero) is 1. The van der Waals surface area contributed by atoms with Gasteiger partial charge in [0.15, 0.2) is 5.82 Å². The number of halogens is 3. The van der Waals surface area contributed by atoms with Crippen molar-refractivity contribution in [3.63, 3.8) is 0 Å². The van der Waals surface area contributed by atoms with Crippen molar-refractivity contribution in [2.45, 2.75) is 12.6 Å². The molecule has 0 radical (unpaired) electrons. The van der Waals surface area contributed by atoms with Crippen molar-refractivity contribution < 1.29 is 18.0 Å². The number of aryl methyl sites for hydroxylation is 1. The monoisotopic (exact) mass is 333 g/mol. The second kappa shape index (κ2) is 6.07. The lowest BCUT2D eigenvalue weighted by Crippen LogP contribution is -2.29. The summed E-state index contributed by atoms with van der Waals surface area (Å²) in [5.41, 5.74) is 2.03. The normalized spacial score (nSPS) is 17.7. The fourth-order valence-electron chi connectivity index (χ4n) is 2.55. The molecule has 1 atom stereocenters. The Labute approximate surface area is 136 Å². The molecule has 0 fully saturated rings. The molecule has 124 valence electrons. The zero-order valence-corrected chi connectivity index (χ0v) is 12.8. The van der Waals surface area contributed by atoms with E-state index in [1.165, 1.54) is 12.2 Å². The molecule has 0 bridgehead atoms. The van der Waals surface area contributed by atoms with Gasteiger partial charge in [0.1, 0.15) is 5.69 Å². The van der Waals surface area contributed by atoms with Gasteiger partial charge in [-0.1, -0.05) is 24.3 Å². The van der Waals surface area contributed by atoms with Crippen LogP contribution in [0.2, 0.25) is 0 Å². The van der Waals surface area contributed by atoms with E-state index in [-0.39, 0.29) is 6.42 Å². The summed E-state index contributed by atoms with van der Waals surface area (Å²) >= 11 is 0. The van der Waals surface area contributed by atoms with Crippen LogP contribution in [0, 0.1) is 5.92 Å². The van der Waals surface area contributed by atoms with Gasteiger partial charge in [-0.2, -0.15) is 13.2 Å². The van der Waals surface area contributed by atoms with Gasteiger partial charge in [0.25, 0.3) is 0 Å². The highest BCUT2D eigenvalue weighted by molar-refractivity contribution is 5.89. The molecule has 0 saturated carbocycles. The Bertz CT molecular complexity index is 819. The summed E-state index contributed by atoms with van der Waals surface area (Å²) in [4.78, 5) is 20.0. The first kappa shape index (κ1) is 16.2. The topological polar surface area (TPSA) is 47.8 Å². The van der Waals surface area contributed by atoms with Gasteiger partial charge in [0.05, 0.1) is 5.69 Å². The fraction of sp³-hybridized carbons (Fsp3) is 0.235. The fourth-order valence-corrected chi connectivity index (χ4v) is 2.55. The minimum Gasteiger partial charge on any atom is -0.332 e. The molecule has 24 heavy (non-hydrogen) atoms. The van der Waals surface area contributed by atoms with Crippen LogP contribution in [0.1, 0.15) is 12.1 Å². The molecule has 1 aliphatic carbocycles. The quantitative estimate of drug-likeness (QED) is 0.863. The van der Waals surface area contributed by atoms with Crippen molar-refractivity contribution in [1.82, 2.24) is 14.5 Å². The van der Waals surface area contributed by atoms with Crippen LogP contribution >= 0.6 is 0 Å². The Morgan fingerprint density at radius 3 is 2.67 bits per heavy atom. The average Bonchev–Trinajstić information content (AvgIpc) is 2.96. The van der Waals surface area contributed by atoms with Crippen molar-refractivity contribution >= 4 is 11.4 Å². The summed E-state index contributed by atoms with van der Waals surface area (Å²) in [7, 11) is 1.82. The summed E-state index contributed by atoms with van der Waals surface area (Å²) < 4.78 is 39.2. The standard InChI is InChI=1S/C17H14F3N3O/c1-23-10-14(22-16(23)13-4-2-3-9-21-13)11-5-7-12(8-6-11)15(24)17(18,19)20/h2-7,9-10,12H,8H2,1H3. The van der Waals surface area contributed by atoms with Gasteiger partial charge in [0.2, 0.25) is 5.78 Å². The Kier molecular flexibility index (Phi) is 4.09. The average molecular weight is 333 g/mol. The van der Waals surface area contributed by atoms with Crippen LogP contribution < -0.4 is 0 Å². The van der Waals surface area contributed by atoms with Gasteiger partial charge in [-0.15, -0.1) is 0 Å². The van der Waals surface area contributed by atoms with Gasteiger partial charge in [-0.05, 0) is 24.1 Å². The van der Waals surface area contributed by atoms with E-state index < -0.39 is 17.9 Å². The third-order valence-electron chi connectivity index (χ3n) is 3.78. The van der Waals surface area contributed by atoms with E-state index in [0.717, 1.165) is 0 Å². The highest BCUT2D eigenvalue weighted by Gasteiger charge is 2.42. The van der Waals surface area contributed by atoms with Crippen LogP contribution in [-0.4, -0.2) is 26.5 Å². The number of allylic oxidation sites excluding steroid dienone is 4. The van der Waals surface area contributed by atoms with Crippen LogP contribution in [0.4, 0.5) is 13.2 Å². The minimum atomic E-state index is -4.81. The van der Waals surface area contributed by atoms with Crippen LogP contribution in [-0.2, 0) is 11.8 Å². The van der Waals surface area contributed by atoms with E-state index in [4.69, 9.17) is 0 Å². The highest BCUT2D eigenvalue weighted by Crippen LogP contribution is 2.30. The number of hydrogen-bond donors (Lipinski definition) is 0. The molecule has 2 aromatic heterocycles. The summed E-state index contributed by atoms with van der Waals surface area (Å²) in [6.45, 7) is 0. The number of carbonyl (C=O) groups is 1. The maximum absolute atomic E-state index is 12.5. The Hall–Kier alpha value is -2.70. The smallest absolute Gasteiger partial charge is 0.332 e. The zero-order chi connectivity index (χ0) is 17.3. The van der Waals surface area contributed by atoms with E-state index in [1.807, 2.05) is 19.2 Å². The molecular formula is C17H14F3N3O. The molecule has 0 spiro atoms. The molecule has 0 aromatic carbocycles. The molecule has 0 saturated heterocycles. The van der Waals surface area contributed by atoms with Gasteiger partial charge in [0, 0.05) is 25.4 Å². The number of pyridine rings is 1. The van der Waals surface area contributed by atoms with E-state index in [2.05, 4.69) is 9.97 Å². The van der Waals surface area contributed by atoms with Crippen LogP contribution in [0.3, 0.4) is 0 Å². The van der Waals surface area contributed by atoms with Crippen molar-refractivity contribution in [2.75, 3.05) is 0 Å². The molecule has 7 heteroatoms. The first-order valence-electron chi connectivity index (χ1n) is 7.31. The molecule has 1 aliphatic rings. The summed E-state index contributed by atoms with van der Waals surface area (Å²) in [5.74, 6) is -2.22. The van der Waals surface area contributed by atoms with Gasteiger partial charge in [-0.3, -0.25) is 9.78 Å². The Balaban J connectivity index is 1.82. The largest absolute Gasteiger partial charge is 0.450 e. The lowest BCUT2D eigenvalue weighted by atomic mass is 9.92. The first-order valence-corrected chi connectivity index (χ1v) is 7.31. The third-order valence-corrected chi connectivity index (χ3v) is 3.78. The molecule has 1 unspecified atom stereocenters. The van der Waals surface area contributed by atoms with Crippen molar-refractivity contribution in [3.05, 3.63) is 54.5 Å². The summed E-state index contributed by atoms with van der Waals surface area (Å²) in [6, 6.07) is 5.48. The number of alkyl halides is 3. The van der Waals surface area contributed by atoms with Crippen LogP contribution in [0.25, 0.3) is 17.1 Å². The van der Waals surface area contributed by atoms with E-state index in [9.17, 15) is 18.0 Å². The van der Waals surface area contributed by atoms with Gasteiger partial charge in [-0.25, -0.2) is 4.98 Å². The predicted molar refractivity (Wildman–Crippen MR) is 82.7 cm³/mol. The SMILES string of the molecule is Cn1cc(C2=CCC(C(=O)C(F)(F)F)C=C2)nc1-c1ccccn1. The van der Waals surface area contributed by atoms with E-state index >= 15 is 0 Å². The molecule has 3 rings (SSSR count). The lowest BCUT2D eigenvalue weighted by molar-refractivity contribution is -0.173. The third kappa shape index (κ3) is 3.15. The summed E-state index contributed by atoms with van der Waals surface area (Å²) in [5, 5.41) is 0. The number of hydrogen-bond acceptors (Lipinski definition) is 3. The predicted octanol–water partition coefficient (Wildman–Crippen LogP) is 3.57. The molecule has 0 aliphatic heterocycles. The van der Waals surface area contributed by atoms with E-state index in [1.54, 1.807) is 29.1 Å². The molecule has 2 aromatic rings. The molecular weight excluding hydrogens is 319 g/mol. The van der Waals surface area contributed by atoms with Crippen molar-refractivity contribution in [2.24, 2.45) is 13.0 Å². The minimum absolute atomic E-state index is 0.0136. The van der Waals surface area contributed by atoms with Crippen LogP contribution in [0.15, 0.2) is 48.8 Å². The Morgan fingerprint density at radius 1 is 1.29 bits per heavy atom. The molecule has 2 heterocycles. The number of nitrogens with zero attached hydrogens (tertiary/aromatic N) is 3. The van der Waals surface area contributed by atoms with Crippen molar-refractivity contribution in [1.29, 1.82) is 0 Å². The summed E-state index contributed by atoms with van der Waals surface area (Å²) in [6.07, 6.45) is 3.07. The molecule has 4 nitrogen and oxygen atoms in total. The van der Waals surface area contributed by atoms with Crippen molar-refractivity contribution in [3.8, 4) is 11.5 Å². The van der Waals surface area contributed by atoms with Crippen LogP contribution in [0.5, 0.6) is 0 Å². The second-order valence-electron chi connectivity index (χ2n) is 5.50. The maximum atomic E-state index is 12.5. The zero-order valence-electron chi connectivity index (χ0n) is 12.8. The number of ketones is 1. The second-order valence-corrected chi connectivity index (χ2v) is 5.50. The number of rotatable bonds is 3. The first-order chi connectivity index (χ1) is 11.4. The van der Waals surface area contributed by atoms with E-state index in [0.29, 0.717) is 22.8 Å². The highest BCUT2D eigenvalue weighted by atomic mass is 19.4. The van der Waals surface area contributed by atoms with Gasteiger partial charge < -0.3 is 4.57 Å². The Morgan fingerprint density at radius 2 is 2.08 bits per heavy atom. The number of imidazole rings is 1. The molecule has 0 N–H and O–H groups in total. The maximum Gasteiger partial charge on any atom is 0.450 e. The van der Waals surface area contributed by atoms with Gasteiger partial charge >= 0.3 is 6.18 Å². The number of carbonyl (C=O) groups excluding carboxylic acids is 1. The lowest BCUT2D eigenvalue weighted by Gasteiger charge is -2.15.